The number of rotatable bonds is 3. The molecule has 0 radical (unpaired) electrons. The number of azide groups is 1. The predicted octanol–water partition coefficient (Wildman–Crippen LogP) is 2.18. The summed E-state index contributed by atoms with van der Waals surface area (Å²) in [5, 5.41) is 3.33. The topological polar surface area (TPSA) is 98.1 Å². The summed E-state index contributed by atoms with van der Waals surface area (Å²) in [5.74, 6) is 0. The molecule has 1 unspecified atom stereocenters. The highest BCUT2D eigenvalue weighted by atomic mass is 32.2. The molecular formula is C6H6N4O2S. The molecule has 6 nitrogen and oxygen atoms in total. The minimum absolute atomic E-state index is 0.387. The Morgan fingerprint density at radius 2 is 2.38 bits per heavy atom. The molecule has 13 heavy (non-hydrogen) atoms. The van der Waals surface area contributed by atoms with Crippen molar-refractivity contribution in [2.45, 2.75) is 0 Å². The van der Waals surface area contributed by atoms with Crippen molar-refractivity contribution >= 4 is 22.6 Å². The predicted molar refractivity (Wildman–Crippen MR) is 49.6 cm³/mol. The fourth-order valence-corrected chi connectivity index (χ4v) is 1.11. The molecule has 0 aromatic heterocycles. The minimum atomic E-state index is -2.11. The lowest BCUT2D eigenvalue weighted by Crippen LogP contribution is -2.00. The summed E-state index contributed by atoms with van der Waals surface area (Å²) in [6, 6.07) is 6.25. The number of hydrogen-bond donors (Lipinski definition) is 2. The Hall–Kier alpha value is -1.56. The van der Waals surface area contributed by atoms with Crippen LogP contribution >= 0.6 is 0 Å². The van der Waals surface area contributed by atoms with E-state index in [9.17, 15) is 4.21 Å². The van der Waals surface area contributed by atoms with E-state index < -0.39 is 11.3 Å². The van der Waals surface area contributed by atoms with Crippen molar-refractivity contribution in [3.63, 3.8) is 0 Å². The summed E-state index contributed by atoms with van der Waals surface area (Å²) < 4.78 is 21.1. The van der Waals surface area contributed by atoms with Crippen LogP contribution in [0.2, 0.25) is 0 Å². The lowest BCUT2D eigenvalue weighted by Gasteiger charge is -2.00. The fourth-order valence-electron chi connectivity index (χ4n) is 0.784. The summed E-state index contributed by atoms with van der Waals surface area (Å²) in [6.07, 6.45) is 0. The zero-order chi connectivity index (χ0) is 9.68. The van der Waals surface area contributed by atoms with Crippen molar-refractivity contribution < 1.29 is 8.76 Å². The number of benzene rings is 1. The first kappa shape index (κ1) is 9.53. The average Bonchev–Trinajstić information content (AvgIpc) is 2.04. The maximum absolute atomic E-state index is 10.3. The van der Waals surface area contributed by atoms with E-state index in [1.165, 1.54) is 6.07 Å². The van der Waals surface area contributed by atoms with E-state index in [1.54, 1.807) is 18.2 Å². The molecule has 68 valence electrons. The Kier molecular flexibility index (Phi) is 3.27. The van der Waals surface area contributed by atoms with Crippen molar-refractivity contribution in [3.05, 3.63) is 34.7 Å². The lowest BCUT2D eigenvalue weighted by molar-refractivity contribution is 0.570. The molecule has 0 aliphatic carbocycles. The summed E-state index contributed by atoms with van der Waals surface area (Å²) in [7, 11) is 0. The van der Waals surface area contributed by atoms with Gasteiger partial charge in [-0.15, -0.1) is 0 Å². The van der Waals surface area contributed by atoms with Gasteiger partial charge in [-0.05, 0) is 17.7 Å². The monoisotopic (exact) mass is 198 g/mol. The highest BCUT2D eigenvalue weighted by Gasteiger charge is 1.95. The van der Waals surface area contributed by atoms with E-state index in [0.29, 0.717) is 11.4 Å². The Morgan fingerprint density at radius 3 is 3.00 bits per heavy atom. The lowest BCUT2D eigenvalue weighted by atomic mass is 10.3. The van der Waals surface area contributed by atoms with E-state index in [4.69, 9.17) is 10.1 Å². The number of anilines is 1. The summed E-state index contributed by atoms with van der Waals surface area (Å²) >= 11 is -2.11. The van der Waals surface area contributed by atoms with E-state index in [1.807, 2.05) is 0 Å². The van der Waals surface area contributed by atoms with Crippen molar-refractivity contribution in [2.75, 3.05) is 4.72 Å². The van der Waals surface area contributed by atoms with Crippen LogP contribution in [-0.2, 0) is 11.3 Å². The second kappa shape index (κ2) is 4.46. The molecule has 0 spiro atoms. The largest absolute Gasteiger partial charge is 0.289 e. The molecule has 0 aliphatic heterocycles. The van der Waals surface area contributed by atoms with Crippen LogP contribution in [0, 0.1) is 0 Å². The second-order valence-electron chi connectivity index (χ2n) is 2.09. The molecule has 0 saturated carbocycles. The van der Waals surface area contributed by atoms with Crippen molar-refractivity contribution in [3.8, 4) is 0 Å². The summed E-state index contributed by atoms with van der Waals surface area (Å²) in [5.41, 5.74) is 8.93. The maximum Gasteiger partial charge on any atom is 0.259 e. The van der Waals surface area contributed by atoms with Gasteiger partial charge < -0.3 is 0 Å². The Balaban J connectivity index is 2.91. The third-order valence-corrected chi connectivity index (χ3v) is 1.62. The minimum Gasteiger partial charge on any atom is -0.289 e. The molecule has 0 aliphatic rings. The van der Waals surface area contributed by atoms with Crippen molar-refractivity contribution in [1.29, 1.82) is 0 Å². The average molecular weight is 198 g/mol. The zero-order valence-electron chi connectivity index (χ0n) is 6.41. The first-order valence-corrected chi connectivity index (χ1v) is 4.36. The van der Waals surface area contributed by atoms with Crippen LogP contribution in [0.1, 0.15) is 0 Å². The van der Waals surface area contributed by atoms with Crippen LogP contribution in [0.25, 0.3) is 10.4 Å². The molecule has 0 bridgehead atoms. The van der Waals surface area contributed by atoms with Gasteiger partial charge >= 0.3 is 0 Å². The number of nitrogens with one attached hydrogen (secondary N) is 1. The number of hydrogen-bond acceptors (Lipinski definition) is 2. The van der Waals surface area contributed by atoms with Crippen LogP contribution in [-0.4, -0.2) is 8.76 Å². The van der Waals surface area contributed by atoms with Crippen LogP contribution < -0.4 is 4.72 Å². The van der Waals surface area contributed by atoms with Crippen LogP contribution in [0.15, 0.2) is 29.4 Å². The third kappa shape index (κ3) is 3.12. The Bertz CT molecular complexity index is 375. The molecule has 1 atom stereocenters. The molecule has 0 heterocycles. The normalized spacial score (nSPS) is 11.5. The summed E-state index contributed by atoms with van der Waals surface area (Å²) in [4.78, 5) is 2.59. The summed E-state index contributed by atoms with van der Waals surface area (Å²) in [6.45, 7) is 0. The van der Waals surface area contributed by atoms with Gasteiger partial charge in [-0.25, -0.2) is 4.21 Å². The highest BCUT2D eigenvalue weighted by molar-refractivity contribution is 7.80. The van der Waals surface area contributed by atoms with E-state index in [2.05, 4.69) is 14.7 Å². The smallest absolute Gasteiger partial charge is 0.259 e. The molecular weight excluding hydrogens is 192 g/mol. The first-order chi connectivity index (χ1) is 6.22. The van der Waals surface area contributed by atoms with Gasteiger partial charge in [-0.1, -0.05) is 17.2 Å². The molecule has 0 amide bonds. The zero-order valence-corrected chi connectivity index (χ0v) is 7.23. The van der Waals surface area contributed by atoms with Gasteiger partial charge in [-0.3, -0.25) is 9.27 Å². The van der Waals surface area contributed by atoms with E-state index in [0.717, 1.165) is 0 Å². The fraction of sp³-hybridized carbons (Fsp3) is 0. The van der Waals surface area contributed by atoms with Gasteiger partial charge in [-0.2, -0.15) is 0 Å². The van der Waals surface area contributed by atoms with Gasteiger partial charge in [0.15, 0.2) is 0 Å². The SMILES string of the molecule is [N-]=[N+]=Nc1cccc(NS(=O)O)c1. The Morgan fingerprint density at radius 1 is 1.62 bits per heavy atom. The van der Waals surface area contributed by atoms with Crippen molar-refractivity contribution in [1.82, 2.24) is 0 Å². The molecule has 7 heteroatoms. The van der Waals surface area contributed by atoms with Gasteiger partial charge in [0.05, 0.1) is 0 Å². The van der Waals surface area contributed by atoms with Gasteiger partial charge in [0, 0.05) is 16.3 Å². The van der Waals surface area contributed by atoms with Gasteiger partial charge in [0.25, 0.3) is 11.3 Å². The van der Waals surface area contributed by atoms with Crippen LogP contribution in [0.3, 0.4) is 0 Å². The Labute approximate surface area is 76.6 Å². The second-order valence-corrected chi connectivity index (χ2v) is 2.79. The standard InChI is InChI=1S/C6H6N4O2S/c7-10-8-5-2-1-3-6(4-5)9-13(11)12/h1-4,9H,(H,11,12). The molecule has 1 aromatic rings. The first-order valence-electron chi connectivity index (χ1n) is 3.25. The van der Waals surface area contributed by atoms with Crippen molar-refractivity contribution in [2.24, 2.45) is 5.11 Å². The van der Waals surface area contributed by atoms with Gasteiger partial charge in [0.2, 0.25) is 0 Å². The van der Waals surface area contributed by atoms with Gasteiger partial charge in [0.1, 0.15) is 0 Å². The quantitative estimate of drug-likeness (QED) is 0.336. The van der Waals surface area contributed by atoms with Crippen LogP contribution in [0.4, 0.5) is 11.4 Å². The molecule has 1 aromatic carbocycles. The highest BCUT2D eigenvalue weighted by Crippen LogP contribution is 2.17. The molecule has 1 rings (SSSR count). The number of nitrogens with zero attached hydrogens (tertiary/aromatic N) is 3. The molecule has 2 N–H and O–H groups in total. The van der Waals surface area contributed by atoms with E-state index >= 15 is 0 Å². The third-order valence-electron chi connectivity index (χ3n) is 1.21. The molecule has 0 fully saturated rings. The maximum atomic E-state index is 10.3. The molecule has 0 saturated heterocycles. The van der Waals surface area contributed by atoms with E-state index in [-0.39, 0.29) is 0 Å². The van der Waals surface area contributed by atoms with Crippen LogP contribution in [0.5, 0.6) is 0 Å².